The van der Waals surface area contributed by atoms with Gasteiger partial charge in [-0.25, -0.2) is 13.2 Å². The molecule has 4 aromatic rings. The summed E-state index contributed by atoms with van der Waals surface area (Å²) >= 11 is 6.35. The van der Waals surface area contributed by atoms with E-state index in [0.717, 1.165) is 17.4 Å². The third-order valence-corrected chi connectivity index (χ3v) is 6.80. The van der Waals surface area contributed by atoms with Gasteiger partial charge in [0.2, 0.25) is 0 Å². The maximum atomic E-state index is 13.1. The monoisotopic (exact) mass is 500 g/mol. The van der Waals surface area contributed by atoms with Crippen molar-refractivity contribution in [1.82, 2.24) is 9.55 Å². The van der Waals surface area contributed by atoms with E-state index >= 15 is 0 Å². The maximum Gasteiger partial charge on any atom is 0.327 e. The topological polar surface area (TPSA) is 90.4 Å². The average Bonchev–Trinajstić information content (AvgIpc) is 3.12. The molecule has 34 heavy (non-hydrogen) atoms. The minimum absolute atomic E-state index is 0.260. The van der Waals surface area contributed by atoms with Crippen LogP contribution in [-0.4, -0.2) is 43.7 Å². The fraction of sp³-hybridized carbons (Fsp3) is 0.240. The lowest BCUT2D eigenvalue weighted by Gasteiger charge is -2.20. The molecule has 0 aliphatic rings. The summed E-state index contributed by atoms with van der Waals surface area (Å²) in [5.74, 6) is 0.749. The summed E-state index contributed by atoms with van der Waals surface area (Å²) in [7, 11) is -1.91. The van der Waals surface area contributed by atoms with Crippen molar-refractivity contribution in [3.05, 3.63) is 81.7 Å². The van der Waals surface area contributed by atoms with Crippen molar-refractivity contribution >= 4 is 32.5 Å². The van der Waals surface area contributed by atoms with Crippen LogP contribution < -0.4 is 15.2 Å². The van der Waals surface area contributed by atoms with Gasteiger partial charge in [-0.15, -0.1) is 0 Å². The minimum atomic E-state index is -3.44. The molecule has 1 atom stereocenters. The average molecular weight is 501 g/mol. The van der Waals surface area contributed by atoms with Crippen molar-refractivity contribution in [2.75, 3.05) is 25.7 Å². The van der Waals surface area contributed by atoms with Crippen LogP contribution in [0.4, 0.5) is 0 Å². The van der Waals surface area contributed by atoms with Gasteiger partial charge in [-0.1, -0.05) is 41.9 Å². The number of rotatable bonds is 8. The van der Waals surface area contributed by atoms with E-state index in [4.69, 9.17) is 21.1 Å². The molecule has 0 aliphatic heterocycles. The Kier molecular flexibility index (Phi) is 6.72. The van der Waals surface area contributed by atoms with Gasteiger partial charge in [0.1, 0.15) is 9.84 Å². The standard InChI is InChI=1S/C25H25ClN2O5S/c1-4-33-24-14-17(10-12-23(24)32-2)22(15-34(3,30)31)28-21-11-9-16(13-20(21)27-25(28)29)18-7-5-6-8-19(18)26/h5-14,22H,4,15H2,1-3H3,(H,27,29). The predicted molar refractivity (Wildman–Crippen MR) is 135 cm³/mol. The molecule has 1 unspecified atom stereocenters. The highest BCUT2D eigenvalue weighted by Crippen LogP contribution is 2.34. The molecular weight excluding hydrogens is 476 g/mol. The first kappa shape index (κ1) is 23.9. The fourth-order valence-corrected chi connectivity index (χ4v) is 5.24. The molecule has 0 saturated heterocycles. The van der Waals surface area contributed by atoms with E-state index in [2.05, 4.69) is 4.98 Å². The molecule has 0 spiro atoms. The number of fused-ring (bicyclic) bond motifs is 1. The second-order valence-corrected chi connectivity index (χ2v) is 10.6. The first-order valence-corrected chi connectivity index (χ1v) is 13.1. The maximum absolute atomic E-state index is 13.1. The van der Waals surface area contributed by atoms with Crippen LogP contribution in [0.1, 0.15) is 18.5 Å². The molecule has 1 N–H and O–H groups in total. The van der Waals surface area contributed by atoms with Gasteiger partial charge in [0.15, 0.2) is 11.5 Å². The van der Waals surface area contributed by atoms with Crippen molar-refractivity contribution < 1.29 is 17.9 Å². The quantitative estimate of drug-likeness (QED) is 0.379. The van der Waals surface area contributed by atoms with E-state index in [-0.39, 0.29) is 5.75 Å². The summed E-state index contributed by atoms with van der Waals surface area (Å²) in [4.78, 5) is 16.0. The number of H-pyrrole nitrogens is 1. The highest BCUT2D eigenvalue weighted by atomic mass is 35.5. The lowest BCUT2D eigenvalue weighted by atomic mass is 10.0. The van der Waals surface area contributed by atoms with Gasteiger partial charge in [-0.3, -0.25) is 4.57 Å². The molecule has 178 valence electrons. The molecule has 0 bridgehead atoms. The Hall–Kier alpha value is -3.23. The number of methoxy groups -OCH3 is 1. The Morgan fingerprint density at radius 2 is 1.82 bits per heavy atom. The lowest BCUT2D eigenvalue weighted by Crippen LogP contribution is -2.28. The zero-order valence-corrected chi connectivity index (χ0v) is 20.6. The Balaban J connectivity index is 1.89. The minimum Gasteiger partial charge on any atom is -0.493 e. The number of nitrogens with zero attached hydrogens (tertiary/aromatic N) is 1. The van der Waals surface area contributed by atoms with E-state index in [1.165, 1.54) is 11.7 Å². The molecule has 4 rings (SSSR count). The van der Waals surface area contributed by atoms with E-state index in [0.29, 0.717) is 39.7 Å². The second-order valence-electron chi connectivity index (χ2n) is 7.96. The predicted octanol–water partition coefficient (Wildman–Crippen LogP) is 4.69. The summed E-state index contributed by atoms with van der Waals surface area (Å²) in [6.45, 7) is 2.26. The van der Waals surface area contributed by atoms with Gasteiger partial charge in [0.05, 0.1) is 36.5 Å². The highest BCUT2D eigenvalue weighted by Gasteiger charge is 2.25. The smallest absolute Gasteiger partial charge is 0.327 e. The van der Waals surface area contributed by atoms with E-state index < -0.39 is 21.6 Å². The first-order chi connectivity index (χ1) is 16.2. The third-order valence-electron chi connectivity index (χ3n) is 5.55. The summed E-state index contributed by atoms with van der Waals surface area (Å²) in [6, 6.07) is 17.4. The van der Waals surface area contributed by atoms with Crippen molar-refractivity contribution in [1.29, 1.82) is 0 Å². The molecule has 0 radical (unpaired) electrons. The molecular formula is C25H25ClN2O5S. The summed E-state index contributed by atoms with van der Waals surface area (Å²) in [5, 5.41) is 0.597. The second kappa shape index (κ2) is 9.56. The van der Waals surface area contributed by atoms with E-state index in [1.807, 2.05) is 37.3 Å². The number of aromatic nitrogens is 2. The molecule has 0 amide bonds. The first-order valence-electron chi connectivity index (χ1n) is 10.7. The Labute approximate surface area is 202 Å². The largest absolute Gasteiger partial charge is 0.493 e. The van der Waals surface area contributed by atoms with Crippen LogP contribution in [0.5, 0.6) is 11.5 Å². The molecule has 0 fully saturated rings. The van der Waals surface area contributed by atoms with E-state index in [9.17, 15) is 13.2 Å². The van der Waals surface area contributed by atoms with E-state index in [1.54, 1.807) is 30.3 Å². The van der Waals surface area contributed by atoms with Gasteiger partial charge < -0.3 is 14.5 Å². The molecule has 0 aliphatic carbocycles. The zero-order valence-electron chi connectivity index (χ0n) is 19.0. The third kappa shape index (κ3) is 4.83. The van der Waals surface area contributed by atoms with Crippen LogP contribution in [-0.2, 0) is 9.84 Å². The molecule has 7 nitrogen and oxygen atoms in total. The lowest BCUT2D eigenvalue weighted by molar-refractivity contribution is 0.310. The number of aromatic amines is 1. The number of hydrogen-bond acceptors (Lipinski definition) is 5. The summed E-state index contributed by atoms with van der Waals surface area (Å²) in [6.07, 6.45) is 1.16. The van der Waals surface area contributed by atoms with Crippen molar-refractivity contribution in [2.24, 2.45) is 0 Å². The van der Waals surface area contributed by atoms with Crippen molar-refractivity contribution in [3.8, 4) is 22.6 Å². The molecule has 3 aromatic carbocycles. The SMILES string of the molecule is CCOc1cc(C(CS(C)(=O)=O)n2c(=O)[nH]c3cc(-c4ccccc4Cl)ccc32)ccc1OC. The Morgan fingerprint density at radius 1 is 1.06 bits per heavy atom. The number of benzene rings is 3. The van der Waals surface area contributed by atoms with Crippen LogP contribution in [0, 0.1) is 0 Å². The van der Waals surface area contributed by atoms with Crippen LogP contribution in [0.15, 0.2) is 65.5 Å². The van der Waals surface area contributed by atoms with Crippen molar-refractivity contribution in [3.63, 3.8) is 0 Å². The number of sulfone groups is 1. The number of imidazole rings is 1. The Morgan fingerprint density at radius 3 is 2.50 bits per heavy atom. The number of hydrogen-bond donors (Lipinski definition) is 1. The van der Waals surface area contributed by atoms with Gasteiger partial charge in [-0.05, 0) is 48.4 Å². The van der Waals surface area contributed by atoms with Gasteiger partial charge in [0.25, 0.3) is 0 Å². The Bertz CT molecular complexity index is 1510. The van der Waals surface area contributed by atoms with Crippen LogP contribution >= 0.6 is 11.6 Å². The highest BCUT2D eigenvalue weighted by molar-refractivity contribution is 7.90. The summed E-state index contributed by atoms with van der Waals surface area (Å²) < 4.78 is 37.3. The molecule has 1 heterocycles. The fourth-order valence-electron chi connectivity index (χ4n) is 4.08. The van der Waals surface area contributed by atoms with Gasteiger partial charge in [-0.2, -0.15) is 0 Å². The molecule has 0 saturated carbocycles. The normalized spacial score (nSPS) is 12.6. The van der Waals surface area contributed by atoms with Gasteiger partial charge in [0, 0.05) is 16.8 Å². The number of ether oxygens (including phenoxy) is 2. The number of nitrogens with one attached hydrogen (secondary N) is 1. The van der Waals surface area contributed by atoms with Crippen LogP contribution in [0.3, 0.4) is 0 Å². The van der Waals surface area contributed by atoms with Gasteiger partial charge >= 0.3 is 5.69 Å². The van der Waals surface area contributed by atoms with Crippen LogP contribution in [0.25, 0.3) is 22.2 Å². The number of halogens is 1. The summed E-state index contributed by atoms with van der Waals surface area (Å²) in [5.41, 5.74) is 3.06. The van der Waals surface area contributed by atoms with Crippen LogP contribution in [0.2, 0.25) is 5.02 Å². The molecule has 1 aromatic heterocycles. The molecule has 9 heteroatoms. The zero-order chi connectivity index (χ0) is 24.5. The van der Waals surface area contributed by atoms with Crippen molar-refractivity contribution in [2.45, 2.75) is 13.0 Å².